The Morgan fingerprint density at radius 1 is 1.16 bits per heavy atom. The lowest BCUT2D eigenvalue weighted by Gasteiger charge is -2.23. The van der Waals surface area contributed by atoms with Crippen LogP contribution in [-0.4, -0.2) is 69.3 Å². The molecule has 0 saturated heterocycles. The lowest BCUT2D eigenvalue weighted by atomic mass is 10.2. The van der Waals surface area contributed by atoms with Crippen molar-refractivity contribution in [3.63, 3.8) is 0 Å². The number of amides is 2. The van der Waals surface area contributed by atoms with Crippen LogP contribution in [0, 0.1) is 0 Å². The van der Waals surface area contributed by atoms with Crippen molar-refractivity contribution in [3.8, 4) is 0 Å². The summed E-state index contributed by atoms with van der Waals surface area (Å²) in [5.41, 5.74) is 5.03. The lowest BCUT2D eigenvalue weighted by molar-refractivity contribution is -0.120. The monoisotopic (exact) mass is 467 g/mol. The smallest absolute Gasteiger partial charge is 0.444 e. The van der Waals surface area contributed by atoms with Gasteiger partial charge in [0, 0.05) is 26.1 Å². The van der Waals surface area contributed by atoms with Crippen LogP contribution >= 0.6 is 7.82 Å². The van der Waals surface area contributed by atoms with Gasteiger partial charge in [-0.05, 0) is 34.1 Å². The normalized spacial score (nSPS) is 15.4. The van der Waals surface area contributed by atoms with E-state index in [1.165, 1.54) is 13.0 Å². The summed E-state index contributed by atoms with van der Waals surface area (Å²) in [6.45, 7) is 12.1. The third-order valence-electron chi connectivity index (χ3n) is 3.25. The van der Waals surface area contributed by atoms with Gasteiger partial charge in [-0.25, -0.2) is 9.36 Å². The zero-order chi connectivity index (χ0) is 23.9. The van der Waals surface area contributed by atoms with Crippen LogP contribution in [0.3, 0.4) is 0 Å². The van der Waals surface area contributed by atoms with E-state index in [1.807, 2.05) is 6.92 Å². The van der Waals surface area contributed by atoms with Crippen molar-refractivity contribution < 1.29 is 37.2 Å². The minimum absolute atomic E-state index is 0.00863. The quantitative estimate of drug-likeness (QED) is 0.176. The van der Waals surface area contributed by atoms with Gasteiger partial charge in [0.25, 0.3) is 0 Å². The maximum absolute atomic E-state index is 12.8. The minimum atomic E-state index is -3.98. The van der Waals surface area contributed by atoms with E-state index in [-0.39, 0.29) is 44.9 Å². The predicted octanol–water partition coefficient (Wildman–Crippen LogP) is 2.11. The highest BCUT2D eigenvalue weighted by Crippen LogP contribution is 2.49. The average Bonchev–Trinajstić information content (AvgIpc) is 2.63. The van der Waals surface area contributed by atoms with Crippen LogP contribution in [0.5, 0.6) is 0 Å². The number of phosphoric ester groups is 1. The second-order valence-corrected chi connectivity index (χ2v) is 9.50. The van der Waals surface area contributed by atoms with Crippen LogP contribution in [-0.2, 0) is 32.4 Å². The summed E-state index contributed by atoms with van der Waals surface area (Å²) in [4.78, 5) is 23.1. The molecular weight excluding hydrogens is 429 g/mol. The molecule has 0 aromatic heterocycles. The largest absolute Gasteiger partial charge is 0.475 e. The Balaban J connectivity index is 4.67. The average molecular weight is 468 g/mol. The Hall–Kier alpha value is -1.49. The Morgan fingerprint density at radius 3 is 2.39 bits per heavy atom. The van der Waals surface area contributed by atoms with Crippen LogP contribution in [0.4, 0.5) is 4.79 Å². The number of nitrogens with two attached hydrogens (primary N) is 1. The van der Waals surface area contributed by atoms with Crippen LogP contribution in [0.1, 0.15) is 41.0 Å². The number of alkyl carbamates (subject to hydrolysis) is 1. The van der Waals surface area contributed by atoms with E-state index in [4.69, 9.17) is 28.8 Å². The molecule has 0 aromatic carbocycles. The second kappa shape index (κ2) is 15.3. The molecule has 182 valence electrons. The molecule has 2 amide bonds. The van der Waals surface area contributed by atoms with Gasteiger partial charge >= 0.3 is 13.9 Å². The Bertz CT molecular complexity index is 595. The molecule has 12 heteroatoms. The molecule has 1 unspecified atom stereocenters. The lowest BCUT2D eigenvalue weighted by Crippen LogP contribution is -2.40. The van der Waals surface area contributed by atoms with Crippen molar-refractivity contribution in [2.45, 2.75) is 58.7 Å². The van der Waals surface area contributed by atoms with Gasteiger partial charge in [0.2, 0.25) is 5.91 Å². The standard InChI is InChI=1S/C19H38N3O8P/c1-7-10-27-31(25,28-12-9-21-18(24)30-19(4,5)6)29-14-17(22-16(3)23)13-26-11-8-15(2)20/h7,15,17H,1,8-14,20H2,2-6H3,(H,21,24)(H,22,23)/t15-,17-,31?/m1/s1. The molecular formula is C19H38N3O8P. The first-order chi connectivity index (χ1) is 14.4. The Morgan fingerprint density at radius 2 is 1.84 bits per heavy atom. The van der Waals surface area contributed by atoms with E-state index < -0.39 is 25.6 Å². The fraction of sp³-hybridized carbons (Fsp3) is 0.789. The first kappa shape index (κ1) is 29.5. The number of rotatable bonds is 16. The van der Waals surface area contributed by atoms with E-state index in [0.29, 0.717) is 13.0 Å². The highest BCUT2D eigenvalue weighted by atomic mass is 31.2. The number of hydrogen-bond donors (Lipinski definition) is 3. The minimum Gasteiger partial charge on any atom is -0.444 e. The van der Waals surface area contributed by atoms with Crippen molar-refractivity contribution in [1.82, 2.24) is 10.6 Å². The molecule has 3 atom stereocenters. The molecule has 0 aliphatic heterocycles. The summed E-state index contributed by atoms with van der Waals surface area (Å²) in [5, 5.41) is 5.13. The van der Waals surface area contributed by atoms with Crippen molar-refractivity contribution in [2.75, 3.05) is 39.6 Å². The number of ether oxygens (including phenoxy) is 2. The molecule has 11 nitrogen and oxygen atoms in total. The maximum atomic E-state index is 12.8. The fourth-order valence-electron chi connectivity index (χ4n) is 1.98. The number of carbonyl (C=O) groups is 2. The van der Waals surface area contributed by atoms with E-state index in [2.05, 4.69) is 17.2 Å². The predicted molar refractivity (Wildman–Crippen MR) is 117 cm³/mol. The summed E-state index contributed by atoms with van der Waals surface area (Å²) < 4.78 is 39.2. The highest BCUT2D eigenvalue weighted by Gasteiger charge is 2.28. The fourth-order valence-corrected chi connectivity index (χ4v) is 3.16. The SMILES string of the molecule is C=CCOP(=O)(OCCNC(=O)OC(C)(C)C)OC[C@@H](COCC[C@@H](C)N)NC(C)=O. The summed E-state index contributed by atoms with van der Waals surface area (Å²) in [5.74, 6) is -0.297. The zero-order valence-electron chi connectivity index (χ0n) is 19.2. The molecule has 31 heavy (non-hydrogen) atoms. The topological polar surface area (TPSA) is 147 Å². The molecule has 0 radical (unpaired) electrons. The van der Waals surface area contributed by atoms with Gasteiger partial charge in [0.15, 0.2) is 0 Å². The molecule has 0 fully saturated rings. The summed E-state index contributed by atoms with van der Waals surface area (Å²) in [6.07, 6.45) is 1.41. The molecule has 0 spiro atoms. The molecule has 0 aromatic rings. The molecule has 0 bridgehead atoms. The van der Waals surface area contributed by atoms with Gasteiger partial charge in [-0.2, -0.15) is 0 Å². The third kappa shape index (κ3) is 17.8. The maximum Gasteiger partial charge on any atom is 0.475 e. The van der Waals surface area contributed by atoms with Crippen LogP contribution in [0.25, 0.3) is 0 Å². The zero-order valence-corrected chi connectivity index (χ0v) is 20.1. The second-order valence-electron chi connectivity index (χ2n) is 7.83. The molecule has 0 aliphatic rings. The number of nitrogens with one attached hydrogen (secondary N) is 2. The molecule has 4 N–H and O–H groups in total. The van der Waals surface area contributed by atoms with Crippen molar-refractivity contribution in [3.05, 3.63) is 12.7 Å². The molecule has 0 rings (SSSR count). The van der Waals surface area contributed by atoms with Gasteiger partial charge < -0.3 is 25.8 Å². The van der Waals surface area contributed by atoms with E-state index in [1.54, 1.807) is 20.8 Å². The van der Waals surface area contributed by atoms with Gasteiger partial charge in [-0.15, -0.1) is 6.58 Å². The Labute approximate surface area is 184 Å². The molecule has 0 heterocycles. The Kier molecular flexibility index (Phi) is 14.6. The van der Waals surface area contributed by atoms with E-state index >= 15 is 0 Å². The number of hydrogen-bond acceptors (Lipinski definition) is 9. The van der Waals surface area contributed by atoms with Gasteiger partial charge in [-0.3, -0.25) is 18.4 Å². The van der Waals surface area contributed by atoms with E-state index in [0.717, 1.165) is 0 Å². The van der Waals surface area contributed by atoms with Gasteiger partial charge in [0.05, 0.1) is 32.5 Å². The van der Waals surface area contributed by atoms with Crippen LogP contribution < -0.4 is 16.4 Å². The van der Waals surface area contributed by atoms with Crippen molar-refractivity contribution in [2.24, 2.45) is 5.73 Å². The van der Waals surface area contributed by atoms with Crippen molar-refractivity contribution >= 4 is 19.8 Å². The van der Waals surface area contributed by atoms with Gasteiger partial charge in [-0.1, -0.05) is 6.08 Å². The first-order valence-electron chi connectivity index (χ1n) is 10.1. The summed E-state index contributed by atoms with van der Waals surface area (Å²) in [7, 11) is -3.98. The molecule has 0 aliphatic carbocycles. The van der Waals surface area contributed by atoms with Gasteiger partial charge in [0.1, 0.15) is 5.60 Å². The number of phosphoric acid groups is 1. The number of carbonyl (C=O) groups excluding carboxylic acids is 2. The third-order valence-corrected chi connectivity index (χ3v) is 4.68. The molecule has 0 saturated carbocycles. The highest BCUT2D eigenvalue weighted by molar-refractivity contribution is 7.48. The van der Waals surface area contributed by atoms with Crippen LogP contribution in [0.15, 0.2) is 12.7 Å². The summed E-state index contributed by atoms with van der Waals surface area (Å²) >= 11 is 0. The first-order valence-corrected chi connectivity index (χ1v) is 11.5. The van der Waals surface area contributed by atoms with Crippen LogP contribution in [0.2, 0.25) is 0 Å². The van der Waals surface area contributed by atoms with E-state index in [9.17, 15) is 14.2 Å². The summed E-state index contributed by atoms with van der Waals surface area (Å²) in [6, 6.07) is -0.583. The van der Waals surface area contributed by atoms with Crippen molar-refractivity contribution in [1.29, 1.82) is 0 Å².